The molecule has 10 heteroatoms. The molecule has 174 valence electrons. The van der Waals surface area contributed by atoms with Crippen LogP contribution in [0.25, 0.3) is 11.1 Å². The summed E-state index contributed by atoms with van der Waals surface area (Å²) in [6.45, 7) is -0.0262. The molecule has 2 N–H and O–H groups in total. The third-order valence-electron chi connectivity index (χ3n) is 5.53. The van der Waals surface area contributed by atoms with Gasteiger partial charge in [-0.25, -0.2) is 9.37 Å². The lowest BCUT2D eigenvalue weighted by molar-refractivity contribution is -0.126. The maximum atomic E-state index is 13.4. The van der Waals surface area contributed by atoms with Gasteiger partial charge in [0.1, 0.15) is 17.1 Å². The van der Waals surface area contributed by atoms with Crippen LogP contribution in [0.2, 0.25) is 10.0 Å². The number of oxazole rings is 1. The quantitative estimate of drug-likeness (QED) is 0.499. The number of rotatable bonds is 7. The van der Waals surface area contributed by atoms with Crippen molar-refractivity contribution in [2.75, 3.05) is 6.61 Å². The van der Waals surface area contributed by atoms with E-state index in [1.165, 1.54) is 12.1 Å². The molecule has 0 bridgehead atoms. The van der Waals surface area contributed by atoms with E-state index in [0.717, 1.165) is 6.07 Å². The Hall–Kier alpha value is -2.84. The van der Waals surface area contributed by atoms with Crippen LogP contribution in [0.5, 0.6) is 5.75 Å². The zero-order chi connectivity index (χ0) is 23.4. The van der Waals surface area contributed by atoms with E-state index in [0.29, 0.717) is 47.7 Å². The number of carbonyl (C=O) groups excluding carboxylic acids is 2. The summed E-state index contributed by atoms with van der Waals surface area (Å²) in [5.41, 5.74) is 1.26. The van der Waals surface area contributed by atoms with Crippen LogP contribution in [0, 0.1) is 11.7 Å². The van der Waals surface area contributed by atoms with Gasteiger partial charge < -0.3 is 19.8 Å². The van der Waals surface area contributed by atoms with Crippen molar-refractivity contribution in [3.05, 3.63) is 58.2 Å². The normalized spacial score (nSPS) is 18.2. The number of aromatic nitrogens is 1. The summed E-state index contributed by atoms with van der Waals surface area (Å²) in [7, 11) is 0. The number of ether oxygens (including phenoxy) is 1. The van der Waals surface area contributed by atoms with Crippen LogP contribution >= 0.6 is 23.2 Å². The minimum atomic E-state index is -0.605. The second-order valence-electron chi connectivity index (χ2n) is 7.92. The molecular formula is C23H22Cl2FN3O4. The van der Waals surface area contributed by atoms with Crippen molar-refractivity contribution in [1.29, 1.82) is 0 Å². The molecule has 0 radical (unpaired) electrons. The van der Waals surface area contributed by atoms with E-state index >= 15 is 0 Å². The maximum absolute atomic E-state index is 13.4. The zero-order valence-corrected chi connectivity index (χ0v) is 19.1. The molecule has 1 aliphatic carbocycles. The number of hydrogen-bond acceptors (Lipinski definition) is 5. The number of nitrogens with zero attached hydrogens (tertiary/aromatic N) is 1. The summed E-state index contributed by atoms with van der Waals surface area (Å²) in [5, 5.41) is 6.33. The Morgan fingerprint density at radius 2 is 1.91 bits per heavy atom. The van der Waals surface area contributed by atoms with Gasteiger partial charge >= 0.3 is 0 Å². The van der Waals surface area contributed by atoms with Crippen LogP contribution in [-0.2, 0) is 16.1 Å². The van der Waals surface area contributed by atoms with Gasteiger partial charge in [-0.1, -0.05) is 23.2 Å². The van der Waals surface area contributed by atoms with E-state index in [9.17, 15) is 14.0 Å². The van der Waals surface area contributed by atoms with Gasteiger partial charge in [0.15, 0.2) is 12.2 Å². The number of amides is 2. The SMILES string of the molecule is O=C(COc1ccc(Cl)c(F)c1)N[C@H]1CC[C@H](C(=O)NCc2nc3cc(Cl)ccc3o2)CC1. The van der Waals surface area contributed by atoms with Crippen LogP contribution in [0.3, 0.4) is 0 Å². The van der Waals surface area contributed by atoms with Crippen LogP contribution in [0.4, 0.5) is 4.39 Å². The molecule has 1 saturated carbocycles. The molecule has 3 aromatic rings. The first-order chi connectivity index (χ1) is 15.9. The second-order valence-corrected chi connectivity index (χ2v) is 8.76. The van der Waals surface area contributed by atoms with E-state index < -0.39 is 5.82 Å². The van der Waals surface area contributed by atoms with Crippen molar-refractivity contribution in [2.45, 2.75) is 38.3 Å². The second kappa shape index (κ2) is 10.4. The van der Waals surface area contributed by atoms with Crippen LogP contribution in [0.15, 0.2) is 40.8 Å². The van der Waals surface area contributed by atoms with E-state index in [2.05, 4.69) is 15.6 Å². The summed E-state index contributed by atoms with van der Waals surface area (Å²) >= 11 is 11.6. The summed E-state index contributed by atoms with van der Waals surface area (Å²) in [4.78, 5) is 29.0. The van der Waals surface area contributed by atoms with Crippen LogP contribution in [-0.4, -0.2) is 29.4 Å². The molecule has 1 aliphatic rings. The fourth-order valence-corrected chi connectivity index (χ4v) is 4.10. The summed E-state index contributed by atoms with van der Waals surface area (Å²) in [6.07, 6.45) is 2.67. The fraction of sp³-hybridized carbons (Fsp3) is 0.348. The minimum Gasteiger partial charge on any atom is -0.484 e. The lowest BCUT2D eigenvalue weighted by atomic mass is 9.85. The fourth-order valence-electron chi connectivity index (χ4n) is 3.82. The Balaban J connectivity index is 1.18. The lowest BCUT2D eigenvalue weighted by Crippen LogP contribution is -2.42. The molecule has 1 aromatic heterocycles. The van der Waals surface area contributed by atoms with Crippen molar-refractivity contribution in [3.63, 3.8) is 0 Å². The largest absolute Gasteiger partial charge is 0.484 e. The van der Waals surface area contributed by atoms with Crippen molar-refractivity contribution in [1.82, 2.24) is 15.6 Å². The highest BCUT2D eigenvalue weighted by molar-refractivity contribution is 6.31. The van der Waals surface area contributed by atoms with E-state index in [1.807, 2.05) is 0 Å². The summed E-state index contributed by atoms with van der Waals surface area (Å²) in [6, 6.07) is 9.14. The molecule has 0 atom stereocenters. The summed E-state index contributed by atoms with van der Waals surface area (Å²) in [5.74, 6) is -0.448. The highest BCUT2D eigenvalue weighted by Crippen LogP contribution is 2.25. The lowest BCUT2D eigenvalue weighted by Gasteiger charge is -2.28. The van der Waals surface area contributed by atoms with E-state index in [4.69, 9.17) is 32.4 Å². The van der Waals surface area contributed by atoms with Crippen LogP contribution < -0.4 is 15.4 Å². The van der Waals surface area contributed by atoms with Gasteiger partial charge in [0.25, 0.3) is 5.91 Å². The molecule has 0 aliphatic heterocycles. The van der Waals surface area contributed by atoms with Gasteiger partial charge in [0.05, 0.1) is 11.6 Å². The molecule has 1 fully saturated rings. The average Bonchev–Trinajstić information content (AvgIpc) is 3.21. The highest BCUT2D eigenvalue weighted by atomic mass is 35.5. The molecule has 33 heavy (non-hydrogen) atoms. The predicted molar refractivity (Wildman–Crippen MR) is 122 cm³/mol. The average molecular weight is 494 g/mol. The first-order valence-corrected chi connectivity index (χ1v) is 11.3. The van der Waals surface area contributed by atoms with Gasteiger partial charge in [-0.15, -0.1) is 0 Å². The van der Waals surface area contributed by atoms with Crippen molar-refractivity contribution in [2.24, 2.45) is 5.92 Å². The van der Waals surface area contributed by atoms with Gasteiger partial charge in [-0.3, -0.25) is 9.59 Å². The number of carbonyl (C=O) groups is 2. The highest BCUT2D eigenvalue weighted by Gasteiger charge is 2.27. The van der Waals surface area contributed by atoms with Gasteiger partial charge in [-0.2, -0.15) is 0 Å². The van der Waals surface area contributed by atoms with Crippen LogP contribution in [0.1, 0.15) is 31.6 Å². The number of halogens is 3. The third kappa shape index (κ3) is 6.15. The third-order valence-corrected chi connectivity index (χ3v) is 6.07. The summed E-state index contributed by atoms with van der Waals surface area (Å²) < 4.78 is 24.4. The monoisotopic (exact) mass is 493 g/mol. The topological polar surface area (TPSA) is 93.5 Å². The maximum Gasteiger partial charge on any atom is 0.258 e. The number of hydrogen-bond donors (Lipinski definition) is 2. The minimum absolute atomic E-state index is 0.00800. The molecule has 7 nitrogen and oxygen atoms in total. The molecule has 1 heterocycles. The van der Waals surface area contributed by atoms with E-state index in [-0.39, 0.29) is 47.7 Å². The van der Waals surface area contributed by atoms with Gasteiger partial charge in [0.2, 0.25) is 11.8 Å². The molecule has 2 aromatic carbocycles. The Labute approximate surface area is 199 Å². The number of fused-ring (bicyclic) bond motifs is 1. The molecule has 0 spiro atoms. The van der Waals surface area contributed by atoms with Crippen molar-refractivity contribution < 1.29 is 23.1 Å². The molecule has 2 amide bonds. The standard InChI is InChI=1S/C23H22Cl2FN3O4/c24-14-3-8-20-19(9-14)29-22(33-20)11-27-23(31)13-1-4-15(5-2-13)28-21(30)12-32-16-6-7-17(25)18(26)10-16/h3,6-10,13,15H,1-2,4-5,11-12H2,(H,27,31)(H,28,30)/t13-,15-. The Morgan fingerprint density at radius 1 is 1.12 bits per heavy atom. The smallest absolute Gasteiger partial charge is 0.258 e. The zero-order valence-electron chi connectivity index (χ0n) is 17.6. The Morgan fingerprint density at radius 3 is 2.67 bits per heavy atom. The Bertz CT molecular complexity index is 1160. The van der Waals surface area contributed by atoms with Crippen molar-refractivity contribution in [3.8, 4) is 5.75 Å². The molecular weight excluding hydrogens is 472 g/mol. The number of nitrogens with one attached hydrogen (secondary N) is 2. The van der Waals surface area contributed by atoms with Crippen molar-refractivity contribution >= 4 is 46.1 Å². The first kappa shape index (κ1) is 23.3. The van der Waals surface area contributed by atoms with Gasteiger partial charge in [-0.05, 0) is 56.0 Å². The molecule has 4 rings (SSSR count). The van der Waals surface area contributed by atoms with Gasteiger partial charge in [0, 0.05) is 23.0 Å². The predicted octanol–water partition coefficient (Wildman–Crippen LogP) is 4.64. The van der Waals surface area contributed by atoms with E-state index in [1.54, 1.807) is 18.2 Å². The first-order valence-electron chi connectivity index (χ1n) is 10.6. The Kier molecular flexibility index (Phi) is 7.35. The molecule has 0 unspecified atom stereocenters. The number of benzene rings is 2. The molecule has 0 saturated heterocycles.